The first-order valence-corrected chi connectivity index (χ1v) is 10.1. The Bertz CT molecular complexity index is 1040. The zero-order valence-electron chi connectivity index (χ0n) is 15.5. The molecule has 0 atom stereocenters. The summed E-state index contributed by atoms with van der Waals surface area (Å²) in [6.07, 6.45) is 3.87. The summed E-state index contributed by atoms with van der Waals surface area (Å²) in [7, 11) is 0. The van der Waals surface area contributed by atoms with Crippen LogP contribution in [0.3, 0.4) is 0 Å². The van der Waals surface area contributed by atoms with E-state index < -0.39 is 0 Å². The number of piperidine rings is 1. The maximum atomic E-state index is 12.6. The van der Waals surface area contributed by atoms with Crippen LogP contribution in [0.15, 0.2) is 59.2 Å². The van der Waals surface area contributed by atoms with Crippen LogP contribution in [0.5, 0.6) is 0 Å². The molecule has 4 rings (SSSR count). The van der Waals surface area contributed by atoms with Crippen molar-refractivity contribution in [2.45, 2.75) is 19.3 Å². The molecule has 0 bridgehead atoms. The highest BCUT2D eigenvalue weighted by molar-refractivity contribution is 7.18. The molecule has 3 heterocycles. The van der Waals surface area contributed by atoms with E-state index >= 15 is 0 Å². The van der Waals surface area contributed by atoms with Crippen LogP contribution in [0, 0.1) is 0 Å². The molecule has 1 aliphatic heterocycles. The summed E-state index contributed by atoms with van der Waals surface area (Å²) in [5.41, 5.74) is 1.39. The highest BCUT2D eigenvalue weighted by Gasteiger charge is 2.20. The fraction of sp³-hybridized carbons (Fsp3) is 0.190. The Labute approximate surface area is 171 Å². The average molecular weight is 409 g/mol. The van der Waals surface area contributed by atoms with Crippen molar-refractivity contribution in [2.24, 2.45) is 0 Å². The second-order valence-corrected chi connectivity index (χ2v) is 7.69. The highest BCUT2D eigenvalue weighted by Crippen LogP contribution is 2.26. The number of amides is 3. The summed E-state index contributed by atoms with van der Waals surface area (Å²) in [6.45, 7) is 0.694. The monoisotopic (exact) mass is 409 g/mol. The van der Waals surface area contributed by atoms with Gasteiger partial charge in [0.1, 0.15) is 0 Å². The third-order valence-corrected chi connectivity index (χ3v) is 5.55. The molecule has 3 aromatic rings. The molecule has 0 spiro atoms. The Balaban J connectivity index is 1.42. The van der Waals surface area contributed by atoms with E-state index in [2.05, 4.69) is 10.6 Å². The topological polar surface area (TPSA) is 91.7 Å². The van der Waals surface area contributed by atoms with E-state index in [9.17, 15) is 14.4 Å². The zero-order valence-corrected chi connectivity index (χ0v) is 16.3. The molecule has 0 radical (unpaired) electrons. The Hall–Kier alpha value is -3.39. The van der Waals surface area contributed by atoms with Gasteiger partial charge in [0.05, 0.1) is 16.1 Å². The van der Waals surface area contributed by atoms with Gasteiger partial charge in [-0.05, 0) is 55.3 Å². The number of hydrogen-bond donors (Lipinski definition) is 2. The van der Waals surface area contributed by atoms with E-state index in [1.165, 1.54) is 17.6 Å². The standard InChI is InChI=1S/C21H19N3O4S/c25-19-8-1-2-11-24(19)15-6-3-5-14(13-15)22-21(27)17-9-10-18(29-17)23-20(26)16-7-4-12-28-16/h3-7,9-10,12-13H,1-2,8,11H2,(H,22,27)(H,23,26). The first-order valence-electron chi connectivity index (χ1n) is 9.26. The number of anilines is 3. The van der Waals surface area contributed by atoms with Crippen LogP contribution in [0.4, 0.5) is 16.4 Å². The van der Waals surface area contributed by atoms with Gasteiger partial charge in [-0.15, -0.1) is 11.3 Å². The van der Waals surface area contributed by atoms with Crippen molar-refractivity contribution >= 4 is 45.4 Å². The largest absolute Gasteiger partial charge is 0.459 e. The fourth-order valence-electron chi connectivity index (χ4n) is 3.13. The van der Waals surface area contributed by atoms with Gasteiger partial charge in [0.25, 0.3) is 11.8 Å². The summed E-state index contributed by atoms with van der Waals surface area (Å²) in [4.78, 5) is 38.9. The normalized spacial score (nSPS) is 13.9. The predicted octanol–water partition coefficient (Wildman–Crippen LogP) is 4.36. The van der Waals surface area contributed by atoms with Crippen LogP contribution in [0.1, 0.15) is 39.5 Å². The number of carbonyl (C=O) groups is 3. The Morgan fingerprint density at radius 2 is 1.90 bits per heavy atom. The summed E-state index contributed by atoms with van der Waals surface area (Å²) in [6, 6.07) is 13.8. The average Bonchev–Trinajstić information content (AvgIpc) is 3.41. The predicted molar refractivity (Wildman–Crippen MR) is 112 cm³/mol. The van der Waals surface area contributed by atoms with Crippen molar-refractivity contribution in [3.05, 3.63) is 65.4 Å². The number of benzene rings is 1. The Morgan fingerprint density at radius 3 is 2.69 bits per heavy atom. The number of carbonyl (C=O) groups excluding carboxylic acids is 3. The Kier molecular flexibility index (Phi) is 5.44. The smallest absolute Gasteiger partial charge is 0.291 e. The van der Waals surface area contributed by atoms with Gasteiger partial charge in [-0.2, -0.15) is 0 Å². The minimum Gasteiger partial charge on any atom is -0.459 e. The molecule has 0 saturated carbocycles. The third kappa shape index (κ3) is 4.38. The molecule has 7 nitrogen and oxygen atoms in total. The number of nitrogens with zero attached hydrogens (tertiary/aromatic N) is 1. The molecule has 2 N–H and O–H groups in total. The first kappa shape index (κ1) is 18.9. The van der Waals surface area contributed by atoms with Crippen molar-refractivity contribution in [2.75, 3.05) is 22.1 Å². The molecule has 1 aromatic carbocycles. The summed E-state index contributed by atoms with van der Waals surface area (Å²) in [5.74, 6) is -0.346. The SMILES string of the molecule is O=C(Nc1ccc(C(=O)Nc2cccc(N3CCCCC3=O)c2)s1)c1ccco1. The quantitative estimate of drug-likeness (QED) is 0.655. The second kappa shape index (κ2) is 8.32. The lowest BCUT2D eigenvalue weighted by molar-refractivity contribution is -0.119. The molecule has 29 heavy (non-hydrogen) atoms. The first-order chi connectivity index (χ1) is 14.1. The van der Waals surface area contributed by atoms with Crippen LogP contribution in [0.25, 0.3) is 0 Å². The van der Waals surface area contributed by atoms with Crippen LogP contribution in [0.2, 0.25) is 0 Å². The molecule has 8 heteroatoms. The maximum absolute atomic E-state index is 12.6. The second-order valence-electron chi connectivity index (χ2n) is 6.60. The molecule has 3 amide bonds. The third-order valence-electron chi connectivity index (χ3n) is 4.55. The van der Waals surface area contributed by atoms with Crippen LogP contribution in [-0.2, 0) is 4.79 Å². The summed E-state index contributed by atoms with van der Waals surface area (Å²) < 4.78 is 5.05. The van der Waals surface area contributed by atoms with Gasteiger partial charge in [0.15, 0.2) is 5.76 Å². The van der Waals surface area contributed by atoms with E-state index in [-0.39, 0.29) is 23.5 Å². The maximum Gasteiger partial charge on any atom is 0.291 e. The number of furan rings is 1. The van der Waals surface area contributed by atoms with Gasteiger partial charge < -0.3 is 20.0 Å². The van der Waals surface area contributed by atoms with Gasteiger partial charge in [-0.3, -0.25) is 14.4 Å². The van der Waals surface area contributed by atoms with Crippen LogP contribution < -0.4 is 15.5 Å². The van der Waals surface area contributed by atoms with Crippen molar-refractivity contribution in [1.29, 1.82) is 0 Å². The summed E-state index contributed by atoms with van der Waals surface area (Å²) >= 11 is 1.17. The van der Waals surface area contributed by atoms with E-state index in [1.807, 2.05) is 12.1 Å². The van der Waals surface area contributed by atoms with E-state index in [0.717, 1.165) is 18.5 Å². The highest BCUT2D eigenvalue weighted by atomic mass is 32.1. The van der Waals surface area contributed by atoms with Crippen molar-refractivity contribution < 1.29 is 18.8 Å². The minimum atomic E-state index is -0.372. The zero-order chi connectivity index (χ0) is 20.2. The molecule has 1 aliphatic rings. The lowest BCUT2D eigenvalue weighted by atomic mass is 10.1. The van der Waals surface area contributed by atoms with Crippen LogP contribution >= 0.6 is 11.3 Å². The number of hydrogen-bond acceptors (Lipinski definition) is 5. The van der Waals surface area contributed by atoms with Gasteiger partial charge in [0.2, 0.25) is 5.91 Å². The summed E-state index contributed by atoms with van der Waals surface area (Å²) in [5, 5.41) is 6.10. The molecule has 0 unspecified atom stereocenters. The van der Waals surface area contributed by atoms with Crippen LogP contribution in [-0.4, -0.2) is 24.3 Å². The van der Waals surface area contributed by atoms with Crippen molar-refractivity contribution in [1.82, 2.24) is 0 Å². The lowest BCUT2D eigenvalue weighted by Gasteiger charge is -2.27. The fourth-order valence-corrected chi connectivity index (χ4v) is 3.93. The number of thiophene rings is 1. The van der Waals surface area contributed by atoms with Gasteiger partial charge >= 0.3 is 0 Å². The minimum absolute atomic E-state index is 0.106. The van der Waals surface area contributed by atoms with Crippen molar-refractivity contribution in [3.63, 3.8) is 0 Å². The molecule has 1 saturated heterocycles. The lowest BCUT2D eigenvalue weighted by Crippen LogP contribution is -2.35. The Morgan fingerprint density at radius 1 is 1.00 bits per heavy atom. The number of nitrogens with one attached hydrogen (secondary N) is 2. The molecule has 148 valence electrons. The molecular formula is C21H19N3O4S. The van der Waals surface area contributed by atoms with Gasteiger partial charge in [-0.25, -0.2) is 0 Å². The molecular weight excluding hydrogens is 390 g/mol. The van der Waals surface area contributed by atoms with E-state index in [0.29, 0.717) is 28.5 Å². The van der Waals surface area contributed by atoms with Gasteiger partial charge in [-0.1, -0.05) is 6.07 Å². The number of rotatable bonds is 5. The molecule has 2 aromatic heterocycles. The van der Waals surface area contributed by atoms with E-state index in [1.54, 1.807) is 41.3 Å². The van der Waals surface area contributed by atoms with Crippen molar-refractivity contribution in [3.8, 4) is 0 Å². The molecule has 1 fully saturated rings. The molecule has 0 aliphatic carbocycles. The van der Waals surface area contributed by atoms with E-state index in [4.69, 9.17) is 4.42 Å². The van der Waals surface area contributed by atoms with Gasteiger partial charge in [0, 0.05) is 24.3 Å².